The van der Waals surface area contributed by atoms with Crippen LogP contribution in [0.25, 0.3) is 11.1 Å². The molecule has 0 aliphatic rings. The number of sulfone groups is 1. The van der Waals surface area contributed by atoms with Gasteiger partial charge in [0.1, 0.15) is 4.90 Å². The van der Waals surface area contributed by atoms with Gasteiger partial charge in [0.05, 0.1) is 15.7 Å². The summed E-state index contributed by atoms with van der Waals surface area (Å²) in [5.41, 5.74) is 4.00. The van der Waals surface area contributed by atoms with Gasteiger partial charge in [-0.25, -0.2) is 16.8 Å². The van der Waals surface area contributed by atoms with Gasteiger partial charge in [-0.05, 0) is 64.6 Å². The predicted molar refractivity (Wildman–Crippen MR) is 185 cm³/mol. The number of phenolic OH excluding ortho intramolecular Hbond substituents is 1. The first kappa shape index (κ1) is 34.3. The van der Waals surface area contributed by atoms with Crippen LogP contribution in [0.4, 0.5) is 0 Å². The maximum atomic E-state index is 14.1. The normalized spacial score (nSPS) is 12.0. The number of sulfonamides is 1. The van der Waals surface area contributed by atoms with Gasteiger partial charge in [-0.2, -0.15) is 4.31 Å². The average molecular weight is 736 g/mol. The minimum absolute atomic E-state index is 0.0247. The molecule has 0 radical (unpaired) electrons. The number of rotatable bonds is 11. The van der Waals surface area contributed by atoms with Crippen LogP contribution in [-0.4, -0.2) is 32.0 Å². The number of benzene rings is 5. The Kier molecular flexibility index (Phi) is 10.7. The second-order valence-electron chi connectivity index (χ2n) is 10.6. The molecule has 0 aliphatic heterocycles. The van der Waals surface area contributed by atoms with Crippen molar-refractivity contribution in [2.45, 2.75) is 29.3 Å². The van der Waals surface area contributed by atoms with Crippen molar-refractivity contribution in [1.82, 2.24) is 4.31 Å². The fourth-order valence-electron chi connectivity index (χ4n) is 4.91. The number of halogens is 4. The topological polar surface area (TPSA) is 91.8 Å². The Morgan fingerprint density at radius 3 is 1.85 bits per heavy atom. The minimum atomic E-state index is -4.33. The molecule has 1 N–H and O–H groups in total. The first-order chi connectivity index (χ1) is 21.8. The van der Waals surface area contributed by atoms with E-state index in [9.17, 15) is 21.9 Å². The van der Waals surface area contributed by atoms with Gasteiger partial charge >= 0.3 is 0 Å². The molecule has 46 heavy (non-hydrogen) atoms. The van der Waals surface area contributed by atoms with Gasteiger partial charge in [0, 0.05) is 28.2 Å². The van der Waals surface area contributed by atoms with Crippen molar-refractivity contribution in [1.29, 1.82) is 0 Å². The molecule has 0 heterocycles. The Balaban J connectivity index is 1.43. The fourth-order valence-corrected chi connectivity index (χ4v) is 9.08. The van der Waals surface area contributed by atoms with Crippen LogP contribution in [0.15, 0.2) is 119 Å². The highest BCUT2D eigenvalue weighted by atomic mass is 35.5. The molecule has 0 amide bonds. The monoisotopic (exact) mass is 733 g/mol. The van der Waals surface area contributed by atoms with E-state index in [2.05, 4.69) is 0 Å². The Bertz CT molecular complexity index is 2070. The molecule has 0 atom stereocenters. The first-order valence-corrected chi connectivity index (χ1v) is 18.5. The Morgan fingerprint density at radius 1 is 0.587 bits per heavy atom. The molecule has 0 bridgehead atoms. The molecule has 0 saturated heterocycles. The van der Waals surface area contributed by atoms with Gasteiger partial charge in [0.25, 0.3) is 0 Å². The van der Waals surface area contributed by atoms with Crippen molar-refractivity contribution >= 4 is 66.3 Å². The lowest BCUT2D eigenvalue weighted by atomic mass is 10.0. The lowest BCUT2D eigenvalue weighted by Gasteiger charge is -2.24. The number of nitrogens with zero attached hydrogens (tertiary/aromatic N) is 1. The molecular weight excluding hydrogens is 708 g/mol. The lowest BCUT2D eigenvalue weighted by Crippen LogP contribution is -2.30. The van der Waals surface area contributed by atoms with E-state index < -0.39 is 30.5 Å². The van der Waals surface area contributed by atoms with Gasteiger partial charge in [-0.15, -0.1) is 0 Å². The van der Waals surface area contributed by atoms with Crippen molar-refractivity contribution in [2.75, 3.05) is 5.75 Å². The summed E-state index contributed by atoms with van der Waals surface area (Å²) in [5, 5.41) is 10.9. The molecule has 0 aromatic heterocycles. The molecule has 5 aromatic carbocycles. The molecule has 6 nitrogen and oxygen atoms in total. The third-order valence-corrected chi connectivity index (χ3v) is 11.7. The van der Waals surface area contributed by atoms with Crippen molar-refractivity contribution in [3.8, 4) is 16.9 Å². The second kappa shape index (κ2) is 14.4. The minimum Gasteiger partial charge on any atom is -0.505 e. The van der Waals surface area contributed by atoms with E-state index in [4.69, 9.17) is 46.4 Å². The number of aryl methyl sites for hydroxylation is 1. The lowest BCUT2D eigenvalue weighted by molar-refractivity contribution is 0.394. The van der Waals surface area contributed by atoms with Crippen LogP contribution in [-0.2, 0) is 39.4 Å². The van der Waals surface area contributed by atoms with Crippen LogP contribution in [0.1, 0.15) is 16.7 Å². The van der Waals surface area contributed by atoms with E-state index in [1.807, 2.05) is 54.6 Å². The summed E-state index contributed by atoms with van der Waals surface area (Å²) in [6.45, 7) is -0.119. The highest BCUT2D eigenvalue weighted by Gasteiger charge is 2.30. The highest BCUT2D eigenvalue weighted by Crippen LogP contribution is 2.37. The Hall–Kier alpha value is -3.08. The van der Waals surface area contributed by atoms with Crippen LogP contribution >= 0.6 is 46.4 Å². The molecule has 0 saturated carbocycles. The summed E-state index contributed by atoms with van der Waals surface area (Å²) in [6.07, 6.45) is 0.165. The largest absolute Gasteiger partial charge is 0.505 e. The second-order valence-corrected chi connectivity index (χ2v) is 16.3. The third-order valence-electron chi connectivity index (χ3n) is 7.24. The average Bonchev–Trinajstić information content (AvgIpc) is 3.02. The highest BCUT2D eigenvalue weighted by molar-refractivity contribution is 7.91. The van der Waals surface area contributed by atoms with Crippen LogP contribution < -0.4 is 0 Å². The first-order valence-electron chi connectivity index (χ1n) is 13.9. The summed E-state index contributed by atoms with van der Waals surface area (Å²) in [5.74, 6) is -0.812. The van der Waals surface area contributed by atoms with Crippen LogP contribution in [0.2, 0.25) is 20.1 Å². The summed E-state index contributed by atoms with van der Waals surface area (Å²) < 4.78 is 55.4. The predicted octanol–water partition coefficient (Wildman–Crippen LogP) is 9.08. The van der Waals surface area contributed by atoms with Gasteiger partial charge in [-0.3, -0.25) is 0 Å². The summed E-state index contributed by atoms with van der Waals surface area (Å²) in [4.78, 5) is -0.398. The molecule has 12 heteroatoms. The van der Waals surface area contributed by atoms with Crippen molar-refractivity contribution in [3.05, 3.63) is 146 Å². The maximum absolute atomic E-state index is 14.1. The van der Waals surface area contributed by atoms with Crippen molar-refractivity contribution in [2.24, 2.45) is 0 Å². The van der Waals surface area contributed by atoms with Crippen LogP contribution in [0.3, 0.4) is 0 Å². The van der Waals surface area contributed by atoms with Crippen LogP contribution in [0, 0.1) is 0 Å². The Morgan fingerprint density at radius 2 is 1.17 bits per heavy atom. The molecular formula is C34H27Cl4NO5S2. The number of aromatic hydroxyl groups is 1. The SMILES string of the molecule is O=S(=O)(CCc1cccc(CN(Cc2ccc(-c3ccccc3)cc2)S(=O)(=O)c2cc(Cl)cc(Cl)c2O)c1)c1cc(Cl)cc(Cl)c1. The zero-order valence-electron chi connectivity index (χ0n) is 24.1. The zero-order chi connectivity index (χ0) is 33.1. The van der Waals surface area contributed by atoms with Gasteiger partial charge in [0.2, 0.25) is 10.0 Å². The zero-order valence-corrected chi connectivity index (χ0v) is 28.7. The van der Waals surface area contributed by atoms with E-state index in [0.29, 0.717) is 16.7 Å². The smallest absolute Gasteiger partial charge is 0.247 e. The van der Waals surface area contributed by atoms with Crippen molar-refractivity contribution < 1.29 is 21.9 Å². The number of hydrogen-bond donors (Lipinski definition) is 1. The molecule has 0 fully saturated rings. The van der Waals surface area contributed by atoms with Crippen LogP contribution in [0.5, 0.6) is 5.75 Å². The molecule has 5 rings (SSSR count). The summed E-state index contributed by atoms with van der Waals surface area (Å²) in [6, 6.07) is 30.9. The maximum Gasteiger partial charge on any atom is 0.247 e. The summed E-state index contributed by atoms with van der Waals surface area (Å²) in [7, 11) is -8.04. The quantitative estimate of drug-likeness (QED) is 0.146. The van der Waals surface area contributed by atoms with E-state index in [-0.39, 0.29) is 50.2 Å². The molecule has 238 valence electrons. The van der Waals surface area contributed by atoms with Crippen molar-refractivity contribution in [3.63, 3.8) is 0 Å². The third kappa shape index (κ3) is 8.25. The van der Waals surface area contributed by atoms with E-state index in [0.717, 1.165) is 17.2 Å². The molecule has 0 unspecified atom stereocenters. The Labute approximate surface area is 288 Å². The van der Waals surface area contributed by atoms with E-state index in [1.165, 1.54) is 28.6 Å². The van der Waals surface area contributed by atoms with E-state index >= 15 is 0 Å². The van der Waals surface area contributed by atoms with Gasteiger partial charge < -0.3 is 5.11 Å². The molecule has 5 aromatic rings. The van der Waals surface area contributed by atoms with E-state index in [1.54, 1.807) is 24.3 Å². The fraction of sp³-hybridized carbons (Fsp3) is 0.118. The van der Waals surface area contributed by atoms with Gasteiger partial charge in [0.15, 0.2) is 15.6 Å². The number of hydrogen-bond acceptors (Lipinski definition) is 5. The standard InChI is InChI=1S/C34H27Cl4NO5S2/c35-28-16-29(36)18-31(17-28)45(41,42)14-13-23-5-4-6-25(15-23)22-39(46(43,44)33-20-30(37)19-32(38)34(33)40)21-24-9-11-27(12-10-24)26-7-2-1-3-8-26/h1-12,15-20,40H,13-14,21-22H2. The number of phenols is 1. The summed E-state index contributed by atoms with van der Waals surface area (Å²) >= 11 is 24.3. The molecule has 0 aliphatic carbocycles. The van der Waals surface area contributed by atoms with Gasteiger partial charge in [-0.1, -0.05) is 125 Å². The molecule has 0 spiro atoms.